The lowest BCUT2D eigenvalue weighted by Gasteiger charge is -2.30. The van der Waals surface area contributed by atoms with Crippen LogP contribution >= 0.6 is 11.3 Å². The molecule has 2 aliphatic rings. The van der Waals surface area contributed by atoms with Crippen molar-refractivity contribution in [1.82, 2.24) is 10.2 Å². The van der Waals surface area contributed by atoms with Crippen molar-refractivity contribution >= 4 is 17.2 Å². The molecule has 5 heteroatoms. The van der Waals surface area contributed by atoms with Crippen LogP contribution in [0.4, 0.5) is 0 Å². The number of para-hydroxylation sites is 1. The van der Waals surface area contributed by atoms with Crippen molar-refractivity contribution in [3.8, 4) is 16.2 Å². The van der Waals surface area contributed by atoms with Crippen molar-refractivity contribution in [2.24, 2.45) is 5.92 Å². The Morgan fingerprint density at radius 3 is 2.91 bits per heavy atom. The summed E-state index contributed by atoms with van der Waals surface area (Å²) < 4.78 is 0. The molecule has 2 N–H and O–H groups in total. The highest BCUT2D eigenvalue weighted by Gasteiger charge is 2.33. The molecule has 2 aliphatic heterocycles. The molecule has 2 saturated heterocycles. The molecule has 23 heavy (non-hydrogen) atoms. The van der Waals surface area contributed by atoms with E-state index in [-0.39, 0.29) is 17.7 Å². The highest BCUT2D eigenvalue weighted by molar-refractivity contribution is 7.17. The van der Waals surface area contributed by atoms with E-state index < -0.39 is 0 Å². The number of carbonyl (C=O) groups excluding carboxylic acids is 1. The minimum absolute atomic E-state index is 0.00386. The lowest BCUT2D eigenvalue weighted by Crippen LogP contribution is -2.46. The van der Waals surface area contributed by atoms with Crippen LogP contribution in [-0.2, 0) is 0 Å². The van der Waals surface area contributed by atoms with Crippen LogP contribution in [0.3, 0.4) is 0 Å². The van der Waals surface area contributed by atoms with E-state index in [1.807, 2.05) is 24.3 Å². The largest absolute Gasteiger partial charge is 0.507 e. The van der Waals surface area contributed by atoms with Crippen LogP contribution in [0.1, 0.15) is 22.5 Å². The molecule has 4 rings (SSSR count). The molecule has 3 heterocycles. The fourth-order valence-corrected chi connectivity index (χ4v) is 4.65. The van der Waals surface area contributed by atoms with Gasteiger partial charge < -0.3 is 15.3 Å². The number of benzene rings is 1. The molecule has 3 atom stereocenters. The van der Waals surface area contributed by atoms with E-state index in [1.165, 1.54) is 30.8 Å². The summed E-state index contributed by atoms with van der Waals surface area (Å²) in [6.45, 7) is 3.34. The van der Waals surface area contributed by atoms with E-state index in [9.17, 15) is 9.90 Å². The highest BCUT2D eigenvalue weighted by Crippen LogP contribution is 2.34. The predicted octanol–water partition coefficient (Wildman–Crippen LogP) is 2.94. The third-order valence-corrected chi connectivity index (χ3v) is 5.92. The number of phenolic OH excluding ortho intramolecular Hbond substituents is 1. The van der Waals surface area contributed by atoms with Crippen molar-refractivity contribution in [2.45, 2.75) is 18.9 Å². The summed E-state index contributed by atoms with van der Waals surface area (Å²) >= 11 is 1.43. The third-order valence-electron chi connectivity index (χ3n) is 4.80. The predicted molar refractivity (Wildman–Crippen MR) is 91.8 cm³/mol. The normalized spacial score (nSPS) is 26.2. The van der Waals surface area contributed by atoms with Crippen LogP contribution in [0, 0.1) is 5.92 Å². The molecule has 0 saturated carbocycles. The fourth-order valence-electron chi connectivity index (χ4n) is 3.71. The maximum absolute atomic E-state index is 12.5. The average molecular weight is 328 g/mol. The molecule has 1 aromatic carbocycles. The number of amides is 1. The second kappa shape index (κ2) is 5.98. The van der Waals surface area contributed by atoms with Gasteiger partial charge in [0.2, 0.25) is 0 Å². The number of rotatable bonds is 3. The van der Waals surface area contributed by atoms with Crippen molar-refractivity contribution in [3.63, 3.8) is 0 Å². The number of carbonyl (C=O) groups is 1. The molecule has 4 nitrogen and oxygen atoms in total. The number of aromatic hydroxyl groups is 1. The quantitative estimate of drug-likeness (QED) is 0.911. The summed E-state index contributed by atoms with van der Waals surface area (Å²) in [6.07, 6.45) is 2.36. The maximum Gasteiger partial charge on any atom is 0.261 e. The summed E-state index contributed by atoms with van der Waals surface area (Å²) in [5.74, 6) is 0.997. The number of hydrogen-bond acceptors (Lipinski definition) is 4. The van der Waals surface area contributed by atoms with Crippen molar-refractivity contribution < 1.29 is 9.90 Å². The second-order valence-electron chi connectivity index (χ2n) is 6.50. The Morgan fingerprint density at radius 1 is 1.22 bits per heavy atom. The Bertz CT molecular complexity index is 715. The topological polar surface area (TPSA) is 52.6 Å². The molecule has 0 radical (unpaired) electrons. The Hall–Kier alpha value is -1.85. The van der Waals surface area contributed by atoms with Crippen LogP contribution in [0.5, 0.6) is 5.75 Å². The Balaban J connectivity index is 1.46. The van der Waals surface area contributed by atoms with E-state index in [4.69, 9.17) is 0 Å². The molecular formula is C18H20N2O2S. The summed E-state index contributed by atoms with van der Waals surface area (Å²) in [5.41, 5.74) is 0.776. The van der Waals surface area contributed by atoms with Gasteiger partial charge in [-0.3, -0.25) is 4.79 Å². The van der Waals surface area contributed by atoms with Crippen LogP contribution < -0.4 is 5.32 Å². The first kappa shape index (κ1) is 14.7. The van der Waals surface area contributed by atoms with Gasteiger partial charge in [0.25, 0.3) is 5.91 Å². The maximum atomic E-state index is 12.5. The van der Waals surface area contributed by atoms with Crippen molar-refractivity contribution in [1.29, 1.82) is 0 Å². The van der Waals surface area contributed by atoms with Gasteiger partial charge in [-0.2, -0.15) is 0 Å². The van der Waals surface area contributed by atoms with Gasteiger partial charge in [0, 0.05) is 29.6 Å². The lowest BCUT2D eigenvalue weighted by atomic mass is 9.97. The van der Waals surface area contributed by atoms with Gasteiger partial charge in [0.05, 0.1) is 4.88 Å². The molecular weight excluding hydrogens is 308 g/mol. The number of piperidine rings is 1. The van der Waals surface area contributed by atoms with Crippen LogP contribution in [0.25, 0.3) is 10.4 Å². The first-order chi connectivity index (χ1) is 11.2. The zero-order valence-corrected chi connectivity index (χ0v) is 13.7. The van der Waals surface area contributed by atoms with E-state index in [1.54, 1.807) is 12.1 Å². The number of nitrogens with one attached hydrogen (secondary N) is 1. The van der Waals surface area contributed by atoms with E-state index in [0.29, 0.717) is 4.88 Å². The average Bonchev–Trinajstić information content (AvgIpc) is 3.15. The summed E-state index contributed by atoms with van der Waals surface area (Å²) in [5, 5.41) is 13.1. The molecule has 2 fully saturated rings. The number of fused-ring (bicyclic) bond motifs is 2. The summed E-state index contributed by atoms with van der Waals surface area (Å²) in [4.78, 5) is 16.6. The number of nitrogens with zero attached hydrogens (tertiary/aromatic N) is 1. The molecule has 2 bridgehead atoms. The number of hydrogen-bond donors (Lipinski definition) is 2. The Labute approximate surface area is 139 Å². The first-order valence-electron chi connectivity index (χ1n) is 8.10. The summed E-state index contributed by atoms with van der Waals surface area (Å²) in [7, 11) is 0. The second-order valence-corrected chi connectivity index (χ2v) is 7.59. The minimum atomic E-state index is 0.00386. The van der Waals surface area contributed by atoms with Crippen LogP contribution in [-0.4, -0.2) is 41.6 Å². The van der Waals surface area contributed by atoms with Crippen LogP contribution in [0.2, 0.25) is 0 Å². The lowest BCUT2D eigenvalue weighted by molar-refractivity contribution is 0.0913. The standard InChI is InChI=1S/C18H20N2O2S/c21-15-4-2-1-3-14(15)16-5-6-17(23-16)18(22)19-13-9-12-7-8-20(10-12)11-13/h1-6,12-13,21H,7-11H2,(H,19,22). The van der Waals surface area contributed by atoms with Crippen LogP contribution in [0.15, 0.2) is 36.4 Å². The third kappa shape index (κ3) is 2.99. The van der Waals surface area contributed by atoms with Gasteiger partial charge >= 0.3 is 0 Å². The van der Waals surface area contributed by atoms with Crippen molar-refractivity contribution in [2.75, 3.05) is 19.6 Å². The SMILES string of the molecule is O=C(NC1CC2CCN(C2)C1)c1ccc(-c2ccccc2O)s1. The van der Waals surface area contributed by atoms with E-state index in [0.717, 1.165) is 29.3 Å². The molecule has 0 spiro atoms. The smallest absolute Gasteiger partial charge is 0.261 e. The zero-order valence-electron chi connectivity index (χ0n) is 12.9. The van der Waals surface area contributed by atoms with Crippen molar-refractivity contribution in [3.05, 3.63) is 41.3 Å². The Morgan fingerprint density at radius 2 is 2.09 bits per heavy atom. The zero-order chi connectivity index (χ0) is 15.8. The summed E-state index contributed by atoms with van der Waals surface area (Å²) in [6, 6.07) is 11.2. The van der Waals surface area contributed by atoms with Gasteiger partial charge in [0.1, 0.15) is 5.75 Å². The number of phenols is 1. The molecule has 2 aromatic rings. The first-order valence-corrected chi connectivity index (χ1v) is 8.92. The minimum Gasteiger partial charge on any atom is -0.507 e. The van der Waals surface area contributed by atoms with Gasteiger partial charge in [-0.05, 0) is 49.6 Å². The molecule has 0 aliphatic carbocycles. The fraction of sp³-hybridized carbons (Fsp3) is 0.389. The van der Waals surface area contributed by atoms with Gasteiger partial charge in [-0.1, -0.05) is 12.1 Å². The molecule has 3 unspecified atom stereocenters. The monoisotopic (exact) mass is 328 g/mol. The van der Waals surface area contributed by atoms with E-state index in [2.05, 4.69) is 10.2 Å². The van der Waals surface area contributed by atoms with Gasteiger partial charge in [0.15, 0.2) is 0 Å². The molecule has 120 valence electrons. The van der Waals surface area contributed by atoms with Gasteiger partial charge in [-0.25, -0.2) is 0 Å². The van der Waals surface area contributed by atoms with E-state index >= 15 is 0 Å². The molecule has 1 amide bonds. The number of thiophene rings is 1. The Kier molecular flexibility index (Phi) is 3.83. The highest BCUT2D eigenvalue weighted by atomic mass is 32.1. The molecule has 1 aromatic heterocycles. The van der Waals surface area contributed by atoms with Gasteiger partial charge in [-0.15, -0.1) is 11.3 Å².